The summed E-state index contributed by atoms with van der Waals surface area (Å²) in [5.74, 6) is -0.234. The quantitative estimate of drug-likeness (QED) is 0.317. The Hall–Kier alpha value is -3.29. The van der Waals surface area contributed by atoms with Gasteiger partial charge in [-0.1, -0.05) is 12.1 Å². The van der Waals surface area contributed by atoms with E-state index >= 15 is 0 Å². The molecule has 0 saturated heterocycles. The molecule has 0 radical (unpaired) electrons. The lowest BCUT2D eigenvalue weighted by Gasteiger charge is -2.11. The fourth-order valence-electron chi connectivity index (χ4n) is 3.62. The summed E-state index contributed by atoms with van der Waals surface area (Å²) in [6.07, 6.45) is 2.50. The van der Waals surface area contributed by atoms with Gasteiger partial charge in [0.25, 0.3) is 0 Å². The zero-order valence-corrected chi connectivity index (χ0v) is 17.0. The average molecular weight is 405 g/mol. The SMILES string of the molecule is Cc1cc(-c2nn(C)c3cc(NO)c(CCNCc4ccc(F)cc4)cc23)ccn1. The summed E-state index contributed by atoms with van der Waals surface area (Å²) >= 11 is 0. The van der Waals surface area contributed by atoms with E-state index in [1.54, 1.807) is 18.3 Å². The molecular formula is C23H24FN5O. The molecule has 2 aromatic heterocycles. The van der Waals surface area contributed by atoms with Gasteiger partial charge in [0.1, 0.15) is 11.5 Å². The third-order valence-corrected chi connectivity index (χ3v) is 5.18. The number of anilines is 1. The van der Waals surface area contributed by atoms with Crippen molar-refractivity contribution in [2.75, 3.05) is 12.0 Å². The molecule has 0 amide bonds. The fraction of sp³-hybridized carbons (Fsp3) is 0.217. The first-order valence-electron chi connectivity index (χ1n) is 9.83. The molecule has 0 bridgehead atoms. The molecule has 0 aliphatic rings. The summed E-state index contributed by atoms with van der Waals surface area (Å²) in [6, 6.07) is 14.4. The van der Waals surface area contributed by atoms with Crippen LogP contribution in [0.5, 0.6) is 0 Å². The van der Waals surface area contributed by atoms with Crippen molar-refractivity contribution in [3.8, 4) is 11.3 Å². The van der Waals surface area contributed by atoms with Crippen LogP contribution in [-0.2, 0) is 20.0 Å². The van der Waals surface area contributed by atoms with Crippen LogP contribution >= 0.6 is 0 Å². The first-order valence-corrected chi connectivity index (χ1v) is 9.83. The highest BCUT2D eigenvalue weighted by molar-refractivity contribution is 5.96. The van der Waals surface area contributed by atoms with E-state index in [2.05, 4.69) is 21.8 Å². The Morgan fingerprint density at radius 3 is 2.63 bits per heavy atom. The number of rotatable bonds is 7. The van der Waals surface area contributed by atoms with Crippen molar-refractivity contribution in [1.82, 2.24) is 20.1 Å². The molecule has 2 heterocycles. The van der Waals surface area contributed by atoms with E-state index in [-0.39, 0.29) is 5.82 Å². The van der Waals surface area contributed by atoms with Crippen LogP contribution < -0.4 is 10.8 Å². The molecule has 0 fully saturated rings. The molecule has 2 aromatic carbocycles. The van der Waals surface area contributed by atoms with E-state index in [0.717, 1.165) is 39.0 Å². The smallest absolute Gasteiger partial charge is 0.123 e. The predicted molar refractivity (Wildman–Crippen MR) is 116 cm³/mol. The molecule has 0 aliphatic carbocycles. The molecular weight excluding hydrogens is 381 g/mol. The Labute approximate surface area is 174 Å². The van der Waals surface area contributed by atoms with Crippen molar-refractivity contribution in [1.29, 1.82) is 0 Å². The van der Waals surface area contributed by atoms with Crippen LogP contribution in [0.3, 0.4) is 0 Å². The van der Waals surface area contributed by atoms with Gasteiger partial charge in [-0.3, -0.25) is 20.4 Å². The zero-order chi connectivity index (χ0) is 21.1. The van der Waals surface area contributed by atoms with Gasteiger partial charge in [0, 0.05) is 36.4 Å². The first-order chi connectivity index (χ1) is 14.5. The minimum absolute atomic E-state index is 0.234. The second kappa shape index (κ2) is 8.61. The van der Waals surface area contributed by atoms with Crippen molar-refractivity contribution < 1.29 is 9.60 Å². The number of hydrogen-bond donors (Lipinski definition) is 3. The molecule has 0 spiro atoms. The topological polar surface area (TPSA) is 75.0 Å². The van der Waals surface area contributed by atoms with Crippen LogP contribution in [0.2, 0.25) is 0 Å². The van der Waals surface area contributed by atoms with Crippen LogP contribution in [0.1, 0.15) is 16.8 Å². The summed E-state index contributed by atoms with van der Waals surface area (Å²) in [4.78, 5) is 4.27. The molecule has 0 atom stereocenters. The maximum absolute atomic E-state index is 13.0. The van der Waals surface area contributed by atoms with Gasteiger partial charge in [-0.2, -0.15) is 5.10 Å². The second-order valence-corrected chi connectivity index (χ2v) is 7.35. The minimum Gasteiger partial charge on any atom is -0.312 e. The van der Waals surface area contributed by atoms with Crippen molar-refractivity contribution >= 4 is 16.6 Å². The molecule has 4 aromatic rings. The number of fused-ring (bicyclic) bond motifs is 1. The second-order valence-electron chi connectivity index (χ2n) is 7.35. The van der Waals surface area contributed by atoms with Gasteiger partial charge in [-0.15, -0.1) is 0 Å². The van der Waals surface area contributed by atoms with Crippen LogP contribution in [0, 0.1) is 12.7 Å². The molecule has 0 unspecified atom stereocenters. The zero-order valence-electron chi connectivity index (χ0n) is 17.0. The first kappa shape index (κ1) is 20.0. The Balaban J connectivity index is 1.57. The van der Waals surface area contributed by atoms with Gasteiger partial charge >= 0.3 is 0 Å². The third-order valence-electron chi connectivity index (χ3n) is 5.18. The van der Waals surface area contributed by atoms with E-state index in [1.165, 1.54) is 12.1 Å². The minimum atomic E-state index is -0.234. The number of halogens is 1. The largest absolute Gasteiger partial charge is 0.312 e. The standard InChI is InChI=1S/C23H24FN5O/c1-15-11-18(8-10-26-15)23-20-12-17(21(28-30)13-22(20)29(2)27-23)7-9-25-14-16-3-5-19(24)6-4-16/h3-6,8,10-13,25,28,30H,7,9,14H2,1-2H3. The van der Waals surface area contributed by atoms with Gasteiger partial charge in [0.05, 0.1) is 11.2 Å². The van der Waals surface area contributed by atoms with Gasteiger partial charge < -0.3 is 5.32 Å². The number of hydrogen-bond acceptors (Lipinski definition) is 5. The predicted octanol–water partition coefficient (Wildman–Crippen LogP) is 4.22. The Bertz CT molecular complexity index is 1170. The highest BCUT2D eigenvalue weighted by Crippen LogP contribution is 2.32. The molecule has 154 valence electrons. The number of aryl methyl sites for hydroxylation is 2. The van der Waals surface area contributed by atoms with Crippen molar-refractivity contribution in [3.05, 3.63) is 77.4 Å². The summed E-state index contributed by atoms with van der Waals surface area (Å²) < 4.78 is 14.8. The monoisotopic (exact) mass is 405 g/mol. The Morgan fingerprint density at radius 1 is 1.10 bits per heavy atom. The Kier molecular flexibility index (Phi) is 5.74. The van der Waals surface area contributed by atoms with Crippen LogP contribution in [0.15, 0.2) is 54.7 Å². The van der Waals surface area contributed by atoms with Crippen molar-refractivity contribution in [2.24, 2.45) is 7.05 Å². The van der Waals surface area contributed by atoms with Crippen LogP contribution in [0.25, 0.3) is 22.2 Å². The number of nitrogens with one attached hydrogen (secondary N) is 2. The van der Waals surface area contributed by atoms with E-state index in [1.807, 2.05) is 36.9 Å². The lowest BCUT2D eigenvalue weighted by molar-refractivity contribution is 0.388. The van der Waals surface area contributed by atoms with Crippen LogP contribution in [0.4, 0.5) is 10.1 Å². The number of aromatic nitrogens is 3. The van der Waals surface area contributed by atoms with Gasteiger partial charge in [-0.05, 0) is 67.4 Å². The van der Waals surface area contributed by atoms with Gasteiger partial charge in [0.2, 0.25) is 0 Å². The maximum Gasteiger partial charge on any atom is 0.123 e. The third kappa shape index (κ3) is 4.17. The molecule has 0 aliphatic heterocycles. The van der Waals surface area contributed by atoms with Crippen molar-refractivity contribution in [2.45, 2.75) is 19.9 Å². The highest BCUT2D eigenvalue weighted by atomic mass is 19.1. The Morgan fingerprint density at radius 2 is 1.90 bits per heavy atom. The summed E-state index contributed by atoms with van der Waals surface area (Å²) in [5.41, 5.74) is 8.75. The maximum atomic E-state index is 13.0. The van der Waals surface area contributed by atoms with Gasteiger partial charge in [0.15, 0.2) is 0 Å². The van der Waals surface area contributed by atoms with E-state index in [4.69, 9.17) is 5.10 Å². The molecule has 3 N–H and O–H groups in total. The normalized spacial score (nSPS) is 11.2. The number of nitrogens with zero attached hydrogens (tertiary/aromatic N) is 3. The van der Waals surface area contributed by atoms with Crippen LogP contribution in [-0.4, -0.2) is 26.5 Å². The molecule has 7 heteroatoms. The molecule has 30 heavy (non-hydrogen) atoms. The molecule has 4 rings (SSSR count). The molecule has 6 nitrogen and oxygen atoms in total. The van der Waals surface area contributed by atoms with Crippen molar-refractivity contribution in [3.63, 3.8) is 0 Å². The van der Waals surface area contributed by atoms with Gasteiger partial charge in [-0.25, -0.2) is 4.39 Å². The summed E-state index contributed by atoms with van der Waals surface area (Å²) in [5, 5.41) is 18.7. The van der Waals surface area contributed by atoms with E-state index in [0.29, 0.717) is 25.2 Å². The summed E-state index contributed by atoms with van der Waals surface area (Å²) in [6.45, 7) is 3.32. The summed E-state index contributed by atoms with van der Waals surface area (Å²) in [7, 11) is 1.89. The van der Waals surface area contributed by atoms with E-state index < -0.39 is 0 Å². The number of benzene rings is 2. The van der Waals surface area contributed by atoms with E-state index in [9.17, 15) is 9.60 Å². The highest BCUT2D eigenvalue weighted by Gasteiger charge is 2.14. The average Bonchev–Trinajstić information content (AvgIpc) is 3.07. The lowest BCUT2D eigenvalue weighted by Crippen LogP contribution is -2.17. The number of pyridine rings is 1. The molecule has 0 saturated carbocycles. The fourth-order valence-corrected chi connectivity index (χ4v) is 3.62. The lowest BCUT2D eigenvalue weighted by atomic mass is 10.0.